The van der Waals surface area contributed by atoms with Gasteiger partial charge >= 0.3 is 0 Å². The molecule has 0 radical (unpaired) electrons. The summed E-state index contributed by atoms with van der Waals surface area (Å²) in [5.74, 6) is 11.8. The number of likely N-dealkylation sites (tertiary alicyclic amines) is 1. The van der Waals surface area contributed by atoms with Crippen LogP contribution in [0.5, 0.6) is 0 Å². The molecule has 2 N–H and O–H groups in total. The maximum absolute atomic E-state index is 7.02. The van der Waals surface area contributed by atoms with Gasteiger partial charge in [0.1, 0.15) is 0 Å². The first kappa shape index (κ1) is 17.7. The molecule has 2 aliphatic heterocycles. The van der Waals surface area contributed by atoms with E-state index in [9.17, 15) is 0 Å². The number of nitrogens with two attached hydrogens (primary N) is 1. The molecule has 0 aromatic carbocycles. The summed E-state index contributed by atoms with van der Waals surface area (Å²) in [7, 11) is 0. The SMILES string of the molecule is NN1C2CC3CCCCC3CC2C2CCC3CCN(C4CCCCC4)C3C21. The fraction of sp³-hybridized carbons (Fsp3) is 1.00. The van der Waals surface area contributed by atoms with Crippen LogP contribution in [0, 0.1) is 29.6 Å². The van der Waals surface area contributed by atoms with Crippen molar-refractivity contribution in [2.75, 3.05) is 6.54 Å². The number of rotatable bonds is 1. The Kier molecular flexibility index (Phi) is 4.58. The Morgan fingerprint density at radius 1 is 0.593 bits per heavy atom. The molecule has 8 unspecified atom stereocenters. The number of nitrogens with zero attached hydrogens (tertiary/aromatic N) is 2. The van der Waals surface area contributed by atoms with Crippen molar-refractivity contribution in [1.82, 2.24) is 9.91 Å². The lowest BCUT2D eigenvalue weighted by atomic mass is 9.62. The van der Waals surface area contributed by atoms with Crippen LogP contribution >= 0.6 is 0 Å². The van der Waals surface area contributed by atoms with Gasteiger partial charge in [0.15, 0.2) is 0 Å². The summed E-state index contributed by atoms with van der Waals surface area (Å²) >= 11 is 0. The molecule has 2 saturated heterocycles. The van der Waals surface area contributed by atoms with Crippen molar-refractivity contribution in [3.05, 3.63) is 0 Å². The highest BCUT2D eigenvalue weighted by molar-refractivity contribution is 5.12. The maximum Gasteiger partial charge on any atom is 0.0434 e. The highest BCUT2D eigenvalue weighted by Crippen LogP contribution is 2.56. The minimum atomic E-state index is 0.684. The average Bonchev–Trinajstić information content (AvgIpc) is 3.27. The van der Waals surface area contributed by atoms with Gasteiger partial charge in [0.2, 0.25) is 0 Å². The van der Waals surface area contributed by atoms with Gasteiger partial charge in [-0.1, -0.05) is 44.9 Å². The van der Waals surface area contributed by atoms with Gasteiger partial charge in [0, 0.05) is 24.2 Å². The van der Waals surface area contributed by atoms with Crippen LogP contribution in [0.15, 0.2) is 0 Å². The lowest BCUT2D eigenvalue weighted by Crippen LogP contribution is -2.59. The highest BCUT2D eigenvalue weighted by atomic mass is 15.5. The largest absolute Gasteiger partial charge is 0.296 e. The normalized spacial score (nSPS) is 51.4. The molecule has 0 aromatic rings. The molecular weight excluding hydrogens is 330 g/mol. The van der Waals surface area contributed by atoms with E-state index in [1.54, 1.807) is 0 Å². The van der Waals surface area contributed by atoms with Gasteiger partial charge < -0.3 is 0 Å². The van der Waals surface area contributed by atoms with Gasteiger partial charge in [-0.25, -0.2) is 5.01 Å². The van der Waals surface area contributed by atoms with Crippen LogP contribution in [0.25, 0.3) is 0 Å². The van der Waals surface area contributed by atoms with Crippen LogP contribution in [0.4, 0.5) is 0 Å². The third-order valence-electron chi connectivity index (χ3n) is 10.3. The van der Waals surface area contributed by atoms with E-state index in [1.807, 2.05) is 0 Å². The first-order valence-electron chi connectivity index (χ1n) is 12.6. The molecule has 8 atom stereocenters. The van der Waals surface area contributed by atoms with Gasteiger partial charge in [-0.2, -0.15) is 0 Å². The third-order valence-corrected chi connectivity index (χ3v) is 10.3. The summed E-state index contributed by atoms with van der Waals surface area (Å²) in [5, 5.41) is 2.48. The zero-order valence-corrected chi connectivity index (χ0v) is 17.3. The van der Waals surface area contributed by atoms with Crippen LogP contribution < -0.4 is 5.84 Å². The molecule has 6 fully saturated rings. The molecule has 6 aliphatic rings. The van der Waals surface area contributed by atoms with E-state index in [0.717, 1.165) is 41.7 Å². The number of hydrogen-bond acceptors (Lipinski definition) is 3. The molecule has 152 valence electrons. The van der Waals surface area contributed by atoms with Crippen molar-refractivity contribution in [1.29, 1.82) is 0 Å². The van der Waals surface area contributed by atoms with E-state index in [-0.39, 0.29) is 0 Å². The van der Waals surface area contributed by atoms with E-state index in [2.05, 4.69) is 9.91 Å². The van der Waals surface area contributed by atoms with Crippen LogP contribution in [-0.2, 0) is 0 Å². The Morgan fingerprint density at radius 2 is 1.33 bits per heavy atom. The quantitative estimate of drug-likeness (QED) is 0.686. The minimum absolute atomic E-state index is 0.684. The second-order valence-corrected chi connectivity index (χ2v) is 11.3. The molecule has 4 aliphatic carbocycles. The molecular formula is C24H41N3. The summed E-state index contributed by atoms with van der Waals surface area (Å²) in [6.45, 7) is 1.37. The zero-order valence-electron chi connectivity index (χ0n) is 17.3. The average molecular weight is 372 g/mol. The van der Waals surface area contributed by atoms with Crippen molar-refractivity contribution >= 4 is 0 Å². The Labute approximate surface area is 166 Å². The van der Waals surface area contributed by atoms with Crippen molar-refractivity contribution in [2.24, 2.45) is 35.4 Å². The second kappa shape index (κ2) is 6.99. The smallest absolute Gasteiger partial charge is 0.0434 e. The predicted octanol–water partition coefficient (Wildman–Crippen LogP) is 4.56. The van der Waals surface area contributed by atoms with Gasteiger partial charge in [0.05, 0.1) is 0 Å². The Hall–Kier alpha value is -0.120. The molecule has 4 saturated carbocycles. The van der Waals surface area contributed by atoms with Gasteiger partial charge in [-0.05, 0) is 81.1 Å². The fourth-order valence-electron chi connectivity index (χ4n) is 9.15. The van der Waals surface area contributed by atoms with E-state index < -0.39 is 0 Å². The van der Waals surface area contributed by atoms with Gasteiger partial charge in [0.25, 0.3) is 0 Å². The van der Waals surface area contributed by atoms with Gasteiger partial charge in [-0.3, -0.25) is 10.7 Å². The Morgan fingerprint density at radius 3 is 2.15 bits per heavy atom. The fourth-order valence-corrected chi connectivity index (χ4v) is 9.15. The molecule has 0 bridgehead atoms. The maximum atomic E-state index is 7.02. The summed E-state index contributed by atoms with van der Waals surface area (Å²) < 4.78 is 0. The monoisotopic (exact) mass is 371 g/mol. The first-order valence-corrected chi connectivity index (χ1v) is 12.6. The lowest BCUT2D eigenvalue weighted by Gasteiger charge is -2.46. The van der Waals surface area contributed by atoms with Crippen LogP contribution in [0.2, 0.25) is 0 Å². The first-order chi connectivity index (χ1) is 13.3. The Bertz CT molecular complexity index is 544. The zero-order chi connectivity index (χ0) is 18.0. The van der Waals surface area contributed by atoms with Crippen molar-refractivity contribution in [2.45, 2.75) is 114 Å². The summed E-state index contributed by atoms with van der Waals surface area (Å²) in [5.41, 5.74) is 0. The molecule has 6 rings (SSSR count). The highest BCUT2D eigenvalue weighted by Gasteiger charge is 2.59. The minimum Gasteiger partial charge on any atom is -0.296 e. The molecule has 3 nitrogen and oxygen atoms in total. The summed E-state index contributed by atoms with van der Waals surface area (Å²) in [4.78, 5) is 3.00. The van der Waals surface area contributed by atoms with E-state index in [1.165, 1.54) is 96.4 Å². The van der Waals surface area contributed by atoms with Crippen LogP contribution in [0.3, 0.4) is 0 Å². The van der Waals surface area contributed by atoms with Crippen molar-refractivity contribution in [3.63, 3.8) is 0 Å². The molecule has 3 heteroatoms. The van der Waals surface area contributed by atoms with Gasteiger partial charge in [-0.15, -0.1) is 0 Å². The Balaban J connectivity index is 1.27. The second-order valence-electron chi connectivity index (χ2n) is 11.3. The van der Waals surface area contributed by atoms with E-state index in [0.29, 0.717) is 12.1 Å². The predicted molar refractivity (Wildman–Crippen MR) is 110 cm³/mol. The molecule has 0 amide bonds. The topological polar surface area (TPSA) is 32.5 Å². The number of hydrogen-bond donors (Lipinski definition) is 1. The lowest BCUT2D eigenvalue weighted by molar-refractivity contribution is 0.0159. The standard InChI is InChI=1S/C24H41N3/c25-27-22-15-18-7-5-4-6-17(18)14-21(22)20-11-10-16-12-13-26(23(16)24(20)27)19-8-2-1-3-9-19/h16-24H,1-15,25H2. The molecule has 0 spiro atoms. The summed E-state index contributed by atoms with van der Waals surface area (Å²) in [6, 6.07) is 3.07. The van der Waals surface area contributed by atoms with E-state index in [4.69, 9.17) is 5.84 Å². The molecule has 0 aromatic heterocycles. The number of fused-ring (bicyclic) bond motifs is 6. The third kappa shape index (κ3) is 2.78. The molecule has 2 heterocycles. The van der Waals surface area contributed by atoms with Crippen molar-refractivity contribution < 1.29 is 0 Å². The number of hydrazine groups is 1. The van der Waals surface area contributed by atoms with E-state index >= 15 is 0 Å². The van der Waals surface area contributed by atoms with Crippen molar-refractivity contribution in [3.8, 4) is 0 Å². The van der Waals surface area contributed by atoms with Crippen LogP contribution in [-0.4, -0.2) is 40.6 Å². The summed E-state index contributed by atoms with van der Waals surface area (Å²) in [6.07, 6.45) is 20.7. The van der Waals surface area contributed by atoms with Crippen LogP contribution in [0.1, 0.15) is 89.9 Å². The molecule has 27 heavy (non-hydrogen) atoms.